The van der Waals surface area contributed by atoms with E-state index in [1.54, 1.807) is 95.1 Å². The first kappa shape index (κ1) is 89.2. The van der Waals surface area contributed by atoms with E-state index in [-0.39, 0.29) is 61.9 Å². The van der Waals surface area contributed by atoms with Crippen molar-refractivity contribution >= 4 is 81.1 Å². The van der Waals surface area contributed by atoms with E-state index in [2.05, 4.69) is 35.3 Å². The third kappa shape index (κ3) is 25.2. The average Bonchev–Trinajstić information content (AvgIpc) is 1.68. The van der Waals surface area contributed by atoms with Crippen molar-refractivity contribution in [2.24, 2.45) is 0 Å². The van der Waals surface area contributed by atoms with Crippen LogP contribution >= 0.6 is 58.0 Å². The fraction of sp³-hybridized carbons (Fsp3) is 0.289. The summed E-state index contributed by atoms with van der Waals surface area (Å²) in [6, 6.07) is 65.0. The van der Waals surface area contributed by atoms with Crippen molar-refractivity contribution in [3.8, 4) is 45.0 Å². The molecule has 0 N–H and O–H groups in total. The van der Waals surface area contributed by atoms with E-state index in [1.807, 2.05) is 149 Å². The first-order valence-electron chi connectivity index (χ1n) is 36.8. The molecule has 0 fully saturated rings. The number of alkyl halides is 3. The van der Waals surface area contributed by atoms with E-state index in [0.717, 1.165) is 74.0 Å². The van der Waals surface area contributed by atoms with Gasteiger partial charge in [0.05, 0.1) is 104 Å². The number of nitrogens with zero attached hydrogens (tertiary/aromatic N) is 8. The van der Waals surface area contributed by atoms with Crippen LogP contribution in [0.25, 0.3) is 45.0 Å². The third-order valence-electron chi connectivity index (χ3n) is 19.2. The fourth-order valence-corrected chi connectivity index (χ4v) is 12.1. The Labute approximate surface area is 693 Å². The number of aromatic nitrogens is 8. The SMILES string of the molecule is CC(=O)C(C)(C)OCc1cc(-c2cccc(C(F)(F)F)c2)n(Cc2ccccc2Cl)n1.CC(=O)C(C)(C)OCc1cc(-c2cccc(C)c2)n(Cc2ccccc2Cl)n1.CC(=O)C(C)(C)OCc1cc(-c2cccc(Cl)c2)n(Cc2ccccc2Cl)n1.CC(=O)C(C)(C)OCc1cc(-c2cccc(F)c2)n(Cc2ccccc2Cl)n1. The Balaban J connectivity index is 0.000000176. The normalized spacial score (nSPS) is 11.8. The molecule has 25 heteroatoms. The number of carbonyl (C=O) groups excluding carboxylic acids is 4. The molecule has 12 rings (SSSR count). The van der Waals surface area contributed by atoms with Gasteiger partial charge in [-0.05, 0) is 203 Å². The topological polar surface area (TPSA) is 176 Å². The smallest absolute Gasteiger partial charge is 0.361 e. The fourth-order valence-electron chi connectivity index (χ4n) is 11.1. The van der Waals surface area contributed by atoms with Gasteiger partial charge in [0.25, 0.3) is 0 Å². The Bertz CT molecular complexity index is 5010. The number of aryl methyl sites for hydroxylation is 1. The largest absolute Gasteiger partial charge is 0.416 e. The van der Waals surface area contributed by atoms with Crippen LogP contribution in [0.1, 0.15) is 139 Å². The highest BCUT2D eigenvalue weighted by molar-refractivity contribution is 6.32. The monoisotopic (exact) mass is 1660 g/mol. The van der Waals surface area contributed by atoms with Gasteiger partial charge < -0.3 is 18.9 Å². The molecule has 115 heavy (non-hydrogen) atoms. The second-order valence-electron chi connectivity index (χ2n) is 29.5. The summed E-state index contributed by atoms with van der Waals surface area (Å²) in [6.07, 6.45) is -4.46. The van der Waals surface area contributed by atoms with Gasteiger partial charge in [0.15, 0.2) is 23.1 Å². The maximum absolute atomic E-state index is 13.8. The van der Waals surface area contributed by atoms with Crippen LogP contribution in [-0.4, -0.2) is 84.7 Å². The second kappa shape index (κ2) is 39.3. The summed E-state index contributed by atoms with van der Waals surface area (Å²) in [5.74, 6) is -0.562. The lowest BCUT2D eigenvalue weighted by Gasteiger charge is -2.21. The molecule has 602 valence electrons. The summed E-state index contributed by atoms with van der Waals surface area (Å²) in [4.78, 5) is 46.9. The minimum Gasteiger partial charge on any atom is -0.361 e. The zero-order chi connectivity index (χ0) is 83.7. The summed E-state index contributed by atoms with van der Waals surface area (Å²) >= 11 is 31.4. The maximum Gasteiger partial charge on any atom is 0.416 e. The van der Waals surface area contributed by atoms with Crippen molar-refractivity contribution in [1.82, 2.24) is 39.1 Å². The summed E-state index contributed by atoms with van der Waals surface area (Å²) in [7, 11) is 0. The number of hydrogen-bond donors (Lipinski definition) is 0. The molecule has 4 aromatic heterocycles. The van der Waals surface area contributed by atoms with Crippen molar-refractivity contribution in [2.75, 3.05) is 0 Å². The quantitative estimate of drug-likeness (QED) is 0.0425. The zero-order valence-electron chi connectivity index (χ0n) is 66.2. The average molecular weight is 1670 g/mol. The lowest BCUT2D eigenvalue weighted by atomic mass is 10.1. The number of ether oxygens (including phenoxy) is 4. The number of carbonyl (C=O) groups is 4. The molecule has 0 aliphatic rings. The van der Waals surface area contributed by atoms with Crippen LogP contribution in [0.15, 0.2) is 218 Å². The van der Waals surface area contributed by atoms with E-state index in [0.29, 0.717) is 73.0 Å². The number of benzene rings is 8. The minimum absolute atomic E-state index is 0.0121. The molecule has 0 radical (unpaired) electrons. The molecule has 0 amide bonds. The summed E-state index contributed by atoms with van der Waals surface area (Å²) < 4.78 is 83.7. The molecular weight excluding hydrogens is 1570 g/mol. The van der Waals surface area contributed by atoms with E-state index in [9.17, 15) is 36.7 Å². The number of halogens is 9. The predicted molar refractivity (Wildman–Crippen MR) is 446 cm³/mol. The van der Waals surface area contributed by atoms with Crippen molar-refractivity contribution in [1.29, 1.82) is 0 Å². The van der Waals surface area contributed by atoms with Gasteiger partial charge in [0, 0.05) is 47.4 Å². The molecule has 8 aromatic carbocycles. The van der Waals surface area contributed by atoms with Crippen molar-refractivity contribution in [2.45, 2.75) is 171 Å². The van der Waals surface area contributed by atoms with Crippen LogP contribution in [-0.2, 0) is 96.9 Å². The van der Waals surface area contributed by atoms with Gasteiger partial charge in [-0.3, -0.25) is 37.9 Å². The Morgan fingerprint density at radius 3 is 0.887 bits per heavy atom. The van der Waals surface area contributed by atoms with Crippen LogP contribution in [0.3, 0.4) is 0 Å². The highest BCUT2D eigenvalue weighted by Gasteiger charge is 2.33. The predicted octanol–water partition coefficient (Wildman–Crippen LogP) is 22.7. The molecule has 0 saturated carbocycles. The van der Waals surface area contributed by atoms with E-state index in [4.69, 9.17) is 87.1 Å². The summed E-state index contributed by atoms with van der Waals surface area (Å²) in [5.41, 5.74) is 9.38. The Morgan fingerprint density at radius 1 is 0.339 bits per heavy atom. The van der Waals surface area contributed by atoms with Crippen molar-refractivity contribution < 1.29 is 55.7 Å². The highest BCUT2D eigenvalue weighted by Crippen LogP contribution is 2.35. The molecule has 0 unspecified atom stereocenters. The Hall–Kier alpha value is -9.71. The van der Waals surface area contributed by atoms with E-state index < -0.39 is 34.1 Å². The molecule has 0 aliphatic heterocycles. The van der Waals surface area contributed by atoms with Crippen LogP contribution in [0.5, 0.6) is 0 Å². The highest BCUT2D eigenvalue weighted by atomic mass is 35.5. The first-order valence-corrected chi connectivity index (χ1v) is 38.7. The van der Waals surface area contributed by atoms with Gasteiger partial charge >= 0.3 is 6.18 Å². The summed E-state index contributed by atoms with van der Waals surface area (Å²) in [6.45, 7) is 24.4. The van der Waals surface area contributed by atoms with Crippen LogP contribution < -0.4 is 0 Å². The van der Waals surface area contributed by atoms with Gasteiger partial charge in [-0.1, -0.05) is 191 Å². The lowest BCUT2D eigenvalue weighted by molar-refractivity contribution is -0.140. The van der Waals surface area contributed by atoms with E-state index in [1.165, 1.54) is 51.5 Å². The maximum atomic E-state index is 13.8. The molecule has 0 atom stereocenters. The molecular formula is C90H91Cl5F4N8O8. The minimum atomic E-state index is -4.46. The molecule has 0 aliphatic carbocycles. The van der Waals surface area contributed by atoms with Gasteiger partial charge in [0.1, 0.15) is 28.2 Å². The number of ketones is 4. The second-order valence-corrected chi connectivity index (χ2v) is 31.5. The van der Waals surface area contributed by atoms with Crippen molar-refractivity contribution in [3.05, 3.63) is 305 Å². The van der Waals surface area contributed by atoms with Gasteiger partial charge in [-0.2, -0.15) is 33.6 Å². The summed E-state index contributed by atoms with van der Waals surface area (Å²) in [5, 5.41) is 21.8. The van der Waals surface area contributed by atoms with Crippen LogP contribution in [0, 0.1) is 12.7 Å². The van der Waals surface area contributed by atoms with Crippen LogP contribution in [0.4, 0.5) is 17.6 Å². The van der Waals surface area contributed by atoms with E-state index >= 15 is 0 Å². The number of hydrogen-bond acceptors (Lipinski definition) is 12. The first-order chi connectivity index (χ1) is 54.2. The zero-order valence-corrected chi connectivity index (χ0v) is 70.0. The molecule has 0 saturated heterocycles. The Kier molecular flexibility index (Phi) is 30.5. The molecule has 0 spiro atoms. The van der Waals surface area contributed by atoms with Crippen molar-refractivity contribution in [3.63, 3.8) is 0 Å². The molecule has 0 bridgehead atoms. The van der Waals surface area contributed by atoms with Gasteiger partial charge in [0.2, 0.25) is 0 Å². The molecule has 4 heterocycles. The Morgan fingerprint density at radius 2 is 0.609 bits per heavy atom. The molecule has 12 aromatic rings. The third-order valence-corrected chi connectivity index (χ3v) is 20.9. The van der Waals surface area contributed by atoms with Gasteiger partial charge in [-0.25, -0.2) is 4.39 Å². The number of rotatable bonds is 28. The number of Topliss-reactive ketones (excluding diaryl/α,β-unsaturated/α-hetero) is 4. The standard InChI is InChI=1S/C23H22ClF3N2O2.C23H25ClN2O2.C22H22Cl2N2O2.C22H22ClFN2O2/c1-15(30)22(2,3)31-14-19-12-21(16-8-6-9-18(11-16)23(25,26)27)29(28-19)13-17-7-4-5-10-20(17)24;1-16-8-7-10-18(12-16)22-13-20(15-28-23(3,4)17(2)27)25-26(22)14-19-9-5-6-11-21(19)24;1-15(27)22(2,3)28-14-19-12-21(16-8-6-9-18(23)11-16)26(25-19)13-17-7-4-5-10-20(17)24;1-15(27)22(2,3)28-14-19-12-21(16-8-6-9-18(24)11-16)26(25-19)13-17-7-4-5-10-20(17)23/h4-12H,13-14H2,1-3H3;5-13H,14-15H2,1-4H3;2*4-12H,13-14H2,1-3H3. The van der Waals surface area contributed by atoms with Crippen LogP contribution in [0.2, 0.25) is 25.1 Å². The van der Waals surface area contributed by atoms with Gasteiger partial charge in [-0.15, -0.1) is 0 Å². The lowest BCUT2D eigenvalue weighted by Crippen LogP contribution is -2.32. The molecule has 16 nitrogen and oxygen atoms in total.